The number of imidazole rings is 1. The number of guanidine groups is 2. The van der Waals surface area contributed by atoms with Gasteiger partial charge in [0.15, 0.2) is 11.9 Å². The number of hydrogen-bond donors (Lipinski definition) is 36. The predicted octanol–water partition coefficient (Wildman–Crippen LogP) is -12.0. The molecule has 1 aromatic rings. The van der Waals surface area contributed by atoms with Crippen LogP contribution >= 0.6 is 11.8 Å². The number of nitrogens with two attached hydrogens (primary N) is 4. The van der Waals surface area contributed by atoms with E-state index in [1.54, 1.807) is 27.0 Å². The van der Waals surface area contributed by atoms with Crippen molar-refractivity contribution in [1.82, 2.24) is 111 Å². The Morgan fingerprint density at radius 3 is 1.05 bits per heavy atom. The highest BCUT2D eigenvalue weighted by atomic mass is 32.2. The molecule has 1 aromatic heterocycles. The number of thioether (sulfide) groups is 1. The standard InChI is InChI=1S/C85H139N27O35S/c1-9-38(4)64(81(144)112-65(41(7)114)82(145)97-40(6)83(146)147)111-80(143)56(35-113)110-73(136)49(23-27-148-8)98-66(129)39(5)96-68(131)46(17-20-57(115)116)102-76(139)52(30-60(121)122)107-72(135)48(19-22-59(119)120)101-71(134)47(18-21-58(117)118)103-77(140)53(31-61(123)124)109-79(142)55(33-63(127)128)108-75(138)51(29-42-34-92-36-95-42)105-74(137)50(28-37(2)3)104-78(141)54(32-62(125)126)106-70(133)44(15-10-11-24-86)100-69(132)45(16-13-26-94-85(90)91)99-67(130)43(87)14-12-25-93-84(88)89/h34,36-41,43-56,64-65,113-114H,9-33,35,86-87H2,1-8H3,(H,92,95)(H,96,131)(H,97,145)(H,98,129)(H,99,130)(H,100,132)(H,101,134)(H,102,139)(H,103,140)(H,104,141)(H,105,137)(H,106,133)(H,107,135)(H,108,138)(H,109,142)(H,110,136)(H,111,143)(H,112,144)(H,115,116)(H,117,118)(H,119,120)(H,121,122)(H,123,124)(H,125,126)(H,127,128)(H,146,147)(H4,88,89,93)(H4,90,91,94)/t38-,39-,40-,41+,43-,44-,45-,46-,47-,48-,49-,50-,51-,52-,53-,54-,55-,56-,64-,65-/m0/s1. The normalized spacial score (nSPS) is 15.1. The average molecular weight is 2130 g/mol. The van der Waals surface area contributed by atoms with Crippen LogP contribution in [0.5, 0.6) is 0 Å². The third-order valence-corrected chi connectivity index (χ3v) is 22.4. The Morgan fingerprint density at radius 2 is 0.689 bits per heavy atom. The summed E-state index contributed by atoms with van der Waals surface area (Å²) in [6.07, 6.45) is -10.1. The molecule has 1 heterocycles. The van der Waals surface area contributed by atoms with Gasteiger partial charge in [0.2, 0.25) is 100 Å². The number of aliphatic hydroxyl groups excluding tert-OH is 2. The lowest BCUT2D eigenvalue weighted by Gasteiger charge is -2.29. The molecule has 20 atom stereocenters. The number of rotatable bonds is 75. The molecule has 0 saturated carbocycles. The van der Waals surface area contributed by atoms with Crippen LogP contribution in [0, 0.1) is 22.7 Å². The van der Waals surface area contributed by atoms with E-state index in [4.69, 9.17) is 33.8 Å². The largest absolute Gasteiger partial charge is 0.481 e. The van der Waals surface area contributed by atoms with Gasteiger partial charge in [-0.1, -0.05) is 34.1 Å². The lowest BCUT2D eigenvalue weighted by atomic mass is 9.97. The van der Waals surface area contributed by atoms with Crippen LogP contribution in [0.1, 0.15) is 183 Å². The second kappa shape index (κ2) is 68.1. The molecule has 830 valence electrons. The van der Waals surface area contributed by atoms with E-state index in [2.05, 4.69) is 84.4 Å². The van der Waals surface area contributed by atoms with Crippen molar-refractivity contribution in [3.63, 3.8) is 0 Å². The van der Waals surface area contributed by atoms with Crippen LogP contribution < -0.4 is 124 Å². The van der Waals surface area contributed by atoms with E-state index in [0.717, 1.165) is 45.1 Å². The molecule has 0 bridgehead atoms. The summed E-state index contributed by atoms with van der Waals surface area (Å²) in [5.74, 6) is -38.5. The van der Waals surface area contributed by atoms with E-state index in [9.17, 15) is 171 Å². The zero-order valence-corrected chi connectivity index (χ0v) is 83.3. The van der Waals surface area contributed by atoms with E-state index in [-0.39, 0.29) is 101 Å². The van der Waals surface area contributed by atoms with Gasteiger partial charge in [-0.05, 0) is 128 Å². The van der Waals surface area contributed by atoms with Gasteiger partial charge in [-0.25, -0.2) is 4.98 Å². The zero-order valence-electron chi connectivity index (χ0n) is 82.5. The van der Waals surface area contributed by atoms with Crippen LogP contribution in [-0.4, -0.2) is 374 Å². The molecule has 1 rings (SSSR count). The fourth-order valence-electron chi connectivity index (χ4n) is 13.5. The fraction of sp³-hybridized carbons (Fsp3) is 0.647. The van der Waals surface area contributed by atoms with Crippen molar-refractivity contribution >= 4 is 172 Å². The Kier molecular flexibility index (Phi) is 60.2. The number of carboxylic acid groups (broad SMARTS) is 8. The minimum absolute atomic E-state index is 0.0251. The maximum atomic E-state index is 14.6. The molecule has 63 heteroatoms. The number of nitrogens with zero attached hydrogens (tertiary/aromatic N) is 1. The minimum atomic E-state index is -2.49. The van der Waals surface area contributed by atoms with Crippen molar-refractivity contribution in [2.24, 2.45) is 34.8 Å². The zero-order chi connectivity index (χ0) is 113. The van der Waals surface area contributed by atoms with E-state index < -0.39 is 358 Å². The van der Waals surface area contributed by atoms with Gasteiger partial charge in [-0.2, -0.15) is 11.8 Å². The quantitative estimate of drug-likeness (QED) is 0.0164. The molecule has 0 spiro atoms. The minimum Gasteiger partial charge on any atom is -0.481 e. The molecule has 0 aromatic carbocycles. The van der Waals surface area contributed by atoms with Crippen LogP contribution in [-0.2, 0) is 126 Å². The summed E-state index contributed by atoms with van der Waals surface area (Å²) in [6, 6.07) is -34.1. The maximum Gasteiger partial charge on any atom is 0.325 e. The number of carboxylic acids is 8. The number of H-pyrrole nitrogens is 1. The summed E-state index contributed by atoms with van der Waals surface area (Å²) in [4.78, 5) is 343. The Balaban J connectivity index is 3.80. The third-order valence-electron chi connectivity index (χ3n) is 21.8. The highest BCUT2D eigenvalue weighted by Crippen LogP contribution is 2.17. The Labute approximate surface area is 850 Å². The third kappa shape index (κ3) is 52.0. The first-order valence-electron chi connectivity index (χ1n) is 46.6. The molecule has 0 unspecified atom stereocenters. The van der Waals surface area contributed by atoms with Crippen molar-refractivity contribution in [1.29, 1.82) is 10.8 Å². The van der Waals surface area contributed by atoms with Gasteiger partial charge in [0.1, 0.15) is 103 Å². The van der Waals surface area contributed by atoms with Gasteiger partial charge in [-0.3, -0.25) is 131 Å². The number of aromatic nitrogens is 2. The number of amides is 17. The predicted molar refractivity (Wildman–Crippen MR) is 514 cm³/mol. The van der Waals surface area contributed by atoms with Crippen LogP contribution in [0.3, 0.4) is 0 Å². The molecule has 40 N–H and O–H groups in total. The van der Waals surface area contributed by atoms with Crippen LogP contribution in [0.2, 0.25) is 0 Å². The van der Waals surface area contributed by atoms with Crippen LogP contribution in [0.4, 0.5) is 0 Å². The van der Waals surface area contributed by atoms with Gasteiger partial charge >= 0.3 is 47.8 Å². The summed E-state index contributed by atoms with van der Waals surface area (Å²) < 4.78 is 0. The molecule has 0 aliphatic carbocycles. The van der Waals surface area contributed by atoms with Crippen LogP contribution in [0.25, 0.3) is 0 Å². The summed E-state index contributed by atoms with van der Waals surface area (Å²) in [5, 5.41) is 157. The number of unbranched alkanes of at least 4 members (excludes halogenated alkanes) is 1. The highest BCUT2D eigenvalue weighted by molar-refractivity contribution is 7.98. The Morgan fingerprint density at radius 1 is 0.372 bits per heavy atom. The molecule has 17 amide bonds. The summed E-state index contributed by atoms with van der Waals surface area (Å²) in [7, 11) is 0. The van der Waals surface area contributed by atoms with Crippen LogP contribution in [0.15, 0.2) is 12.5 Å². The number of hydrogen-bond acceptors (Lipinski definition) is 33. The van der Waals surface area contributed by atoms with Crippen molar-refractivity contribution in [2.75, 3.05) is 38.2 Å². The highest BCUT2D eigenvalue weighted by Gasteiger charge is 2.42. The molecule has 62 nitrogen and oxygen atoms in total. The monoisotopic (exact) mass is 2130 g/mol. The Hall–Kier alpha value is -15.3. The lowest BCUT2D eigenvalue weighted by Crippen LogP contribution is -2.62. The van der Waals surface area contributed by atoms with Gasteiger partial charge < -0.3 is 180 Å². The number of nitrogens with one attached hydrogen (secondary N) is 22. The number of aliphatic carboxylic acids is 8. The first kappa shape index (κ1) is 131. The number of carbonyl (C=O) groups is 25. The average Bonchev–Trinajstić information content (AvgIpc) is 1.19. The second-order valence-electron chi connectivity index (χ2n) is 34.6. The summed E-state index contributed by atoms with van der Waals surface area (Å²) >= 11 is 1.15. The number of carbonyl (C=O) groups excluding carboxylic acids is 17. The smallest absolute Gasteiger partial charge is 0.325 e. The van der Waals surface area contributed by atoms with Crippen molar-refractivity contribution < 1.29 is 171 Å². The van der Waals surface area contributed by atoms with Gasteiger partial charge in [0.05, 0.1) is 50.8 Å². The molecule has 0 radical (unpaired) electrons. The topological polar surface area (TPSA) is 1040 Å². The van der Waals surface area contributed by atoms with Gasteiger partial charge in [-0.15, -0.1) is 0 Å². The van der Waals surface area contributed by atoms with E-state index >= 15 is 0 Å². The molecular weight excluding hydrogens is 1990 g/mol. The number of aliphatic hydroxyl groups is 2. The SMILES string of the molecule is CC[C@H](C)[C@H](NC(=O)[C@H](CO)NC(=O)[C@H](CCSC)NC(=O)[C@H](C)NC(=O)[C@H](CCC(=O)O)NC(=O)[C@H](CC(=O)O)NC(=O)[C@H](CCC(=O)O)NC(=O)[C@H](CCC(=O)O)NC(=O)[C@H](CC(=O)O)NC(=O)[C@H](CC(=O)O)NC(=O)[C@H](Cc1cnc[nH]1)NC(=O)[C@H](CC(C)C)NC(=O)[C@H](CC(=O)O)NC(=O)[C@H](CCCCN)NC(=O)[C@H](CCCNC(=N)N)NC(=O)[C@@H](N)CCCNC(=N)N)C(=O)N[C@H](C(=O)N[C@@H](C)C(=O)O)[C@@H](C)O. The van der Waals surface area contributed by atoms with Gasteiger partial charge in [0.25, 0.3) is 0 Å². The Bertz CT molecular complexity index is 4770. The van der Waals surface area contributed by atoms with E-state index in [1.807, 2.05) is 26.6 Å². The first-order chi connectivity index (χ1) is 69.3. The van der Waals surface area contributed by atoms with Crippen molar-refractivity contribution in [3.05, 3.63) is 18.2 Å². The lowest BCUT2D eigenvalue weighted by molar-refractivity contribution is -0.144. The van der Waals surface area contributed by atoms with Crippen molar-refractivity contribution in [3.8, 4) is 0 Å². The van der Waals surface area contributed by atoms with E-state index in [0.29, 0.717) is 0 Å². The maximum absolute atomic E-state index is 14.6. The van der Waals surface area contributed by atoms with Gasteiger partial charge in [0, 0.05) is 50.7 Å². The fourth-order valence-corrected chi connectivity index (χ4v) is 14.0. The van der Waals surface area contributed by atoms with Crippen molar-refractivity contribution in [2.45, 2.75) is 298 Å². The second-order valence-corrected chi connectivity index (χ2v) is 35.6. The van der Waals surface area contributed by atoms with E-state index in [1.165, 1.54) is 6.92 Å². The molecule has 0 fully saturated rings. The molecule has 0 aliphatic rings. The number of aromatic amines is 1. The molecule has 148 heavy (non-hydrogen) atoms. The molecule has 0 saturated heterocycles. The molecular formula is C85H139N27O35S. The summed E-state index contributed by atoms with van der Waals surface area (Å²) in [6.45, 7) is 8.52. The summed E-state index contributed by atoms with van der Waals surface area (Å²) in [5.41, 5.74) is 22.6. The molecule has 0 aliphatic heterocycles. The first-order valence-corrected chi connectivity index (χ1v) is 48.0.